The van der Waals surface area contributed by atoms with Crippen LogP contribution < -0.4 is 10.6 Å². The van der Waals surface area contributed by atoms with Crippen molar-refractivity contribution in [1.82, 2.24) is 15.5 Å². The zero-order valence-corrected chi connectivity index (χ0v) is 18.5. The van der Waals surface area contributed by atoms with Gasteiger partial charge in [-0.25, -0.2) is 4.79 Å². The quantitative estimate of drug-likeness (QED) is 0.358. The molecule has 2 N–H and O–H groups in total. The Morgan fingerprint density at radius 3 is 2.48 bits per heavy atom. The summed E-state index contributed by atoms with van der Waals surface area (Å²) in [7, 11) is 0. The SMILES string of the molecule is C#Cc1ccccc1C(C(=O)NCCCC)N(CC#N)C(=O)CNC(=O)OC(C)(C)C. The molecule has 8 heteroatoms. The zero-order chi connectivity index (χ0) is 23.4. The Balaban J connectivity index is 3.19. The smallest absolute Gasteiger partial charge is 0.408 e. The van der Waals surface area contributed by atoms with Crippen molar-refractivity contribution in [2.24, 2.45) is 0 Å². The van der Waals surface area contributed by atoms with Gasteiger partial charge in [0.15, 0.2) is 0 Å². The number of terminal acetylenes is 1. The van der Waals surface area contributed by atoms with Gasteiger partial charge >= 0.3 is 6.09 Å². The maximum absolute atomic E-state index is 13.0. The minimum Gasteiger partial charge on any atom is -0.444 e. The van der Waals surface area contributed by atoms with E-state index in [1.165, 1.54) is 0 Å². The standard InChI is InChI=1S/C23H30N4O4/c1-6-8-14-25-21(29)20(18-12-10-9-11-17(18)7-2)27(15-13-24)19(28)16-26-22(30)31-23(3,4)5/h2,9-12,20H,6,8,14-16H2,1,3-5H3,(H,25,29)(H,26,30). The first-order chi connectivity index (χ1) is 14.6. The predicted molar refractivity (Wildman–Crippen MR) is 117 cm³/mol. The molecule has 0 bridgehead atoms. The van der Waals surface area contributed by atoms with Crippen molar-refractivity contribution in [1.29, 1.82) is 5.26 Å². The highest BCUT2D eigenvalue weighted by Crippen LogP contribution is 2.24. The molecule has 31 heavy (non-hydrogen) atoms. The fraction of sp³-hybridized carbons (Fsp3) is 0.478. The number of nitrogens with zero attached hydrogens (tertiary/aromatic N) is 2. The molecule has 0 aliphatic carbocycles. The van der Waals surface area contributed by atoms with Crippen LogP contribution in [0.25, 0.3) is 0 Å². The van der Waals surface area contributed by atoms with E-state index >= 15 is 0 Å². The molecule has 166 valence electrons. The normalized spacial score (nSPS) is 11.4. The summed E-state index contributed by atoms with van der Waals surface area (Å²) >= 11 is 0. The van der Waals surface area contributed by atoms with Crippen LogP contribution >= 0.6 is 0 Å². The summed E-state index contributed by atoms with van der Waals surface area (Å²) in [5.41, 5.74) is 0.140. The van der Waals surface area contributed by atoms with Gasteiger partial charge in [-0.2, -0.15) is 5.26 Å². The van der Waals surface area contributed by atoms with Crippen molar-refractivity contribution in [3.05, 3.63) is 35.4 Å². The van der Waals surface area contributed by atoms with Gasteiger partial charge in [0.2, 0.25) is 11.8 Å². The number of carbonyl (C=O) groups is 3. The number of ether oxygens (including phenoxy) is 1. The molecular formula is C23H30N4O4. The van der Waals surface area contributed by atoms with Crippen LogP contribution in [0.5, 0.6) is 0 Å². The maximum atomic E-state index is 13.0. The van der Waals surface area contributed by atoms with Crippen molar-refractivity contribution in [2.45, 2.75) is 52.2 Å². The van der Waals surface area contributed by atoms with Crippen molar-refractivity contribution in [2.75, 3.05) is 19.6 Å². The maximum Gasteiger partial charge on any atom is 0.408 e. The van der Waals surface area contributed by atoms with Gasteiger partial charge in [0.25, 0.3) is 0 Å². The third-order valence-corrected chi connectivity index (χ3v) is 4.14. The Hall–Kier alpha value is -3.52. The van der Waals surface area contributed by atoms with Gasteiger partial charge in [0.1, 0.15) is 24.7 Å². The summed E-state index contributed by atoms with van der Waals surface area (Å²) in [6.45, 7) is 6.71. The molecule has 0 aliphatic heterocycles. The number of nitriles is 1. The number of amides is 3. The molecule has 8 nitrogen and oxygen atoms in total. The van der Waals surface area contributed by atoms with E-state index in [1.54, 1.807) is 45.0 Å². The van der Waals surface area contributed by atoms with E-state index < -0.39 is 36.1 Å². The summed E-state index contributed by atoms with van der Waals surface area (Å²) in [5, 5.41) is 14.5. The van der Waals surface area contributed by atoms with E-state index in [4.69, 9.17) is 11.2 Å². The highest BCUT2D eigenvalue weighted by molar-refractivity contribution is 5.91. The number of carbonyl (C=O) groups excluding carboxylic acids is 3. The Bertz CT molecular complexity index is 862. The molecule has 1 rings (SSSR count). The molecule has 0 saturated heterocycles. The Kier molecular flexibility index (Phi) is 10.1. The van der Waals surface area contributed by atoms with Crippen LogP contribution in [-0.4, -0.2) is 48.0 Å². The van der Waals surface area contributed by atoms with Gasteiger partial charge in [-0.15, -0.1) is 6.42 Å². The van der Waals surface area contributed by atoms with Crippen molar-refractivity contribution >= 4 is 17.9 Å². The lowest BCUT2D eigenvalue weighted by molar-refractivity contribution is -0.139. The fourth-order valence-electron chi connectivity index (χ4n) is 2.77. The number of alkyl carbamates (subject to hydrolysis) is 1. The van der Waals surface area contributed by atoms with Gasteiger partial charge < -0.3 is 20.3 Å². The summed E-state index contributed by atoms with van der Waals surface area (Å²) in [6.07, 6.45) is 6.47. The minimum atomic E-state index is -1.11. The molecule has 0 saturated carbocycles. The molecule has 1 aromatic rings. The lowest BCUT2D eigenvalue weighted by atomic mass is 9.98. The number of hydrogen-bond acceptors (Lipinski definition) is 5. The van der Waals surface area contributed by atoms with Gasteiger partial charge in [-0.3, -0.25) is 9.59 Å². The van der Waals surface area contributed by atoms with Crippen LogP contribution in [0.3, 0.4) is 0 Å². The van der Waals surface area contributed by atoms with Crippen molar-refractivity contribution < 1.29 is 19.1 Å². The summed E-state index contributed by atoms with van der Waals surface area (Å²) in [6, 6.07) is 7.55. The molecular weight excluding hydrogens is 396 g/mol. The number of rotatable bonds is 9. The summed E-state index contributed by atoms with van der Waals surface area (Å²) in [5.74, 6) is 1.46. The van der Waals surface area contributed by atoms with E-state index in [1.807, 2.05) is 13.0 Å². The Morgan fingerprint density at radius 2 is 1.90 bits per heavy atom. The zero-order valence-electron chi connectivity index (χ0n) is 18.5. The number of unbranched alkanes of at least 4 members (excludes halogenated alkanes) is 1. The third kappa shape index (κ3) is 8.39. The molecule has 0 fully saturated rings. The first-order valence-corrected chi connectivity index (χ1v) is 10.1. The molecule has 0 aromatic heterocycles. The van der Waals surface area contributed by atoms with Gasteiger partial charge in [-0.05, 0) is 38.8 Å². The fourth-order valence-corrected chi connectivity index (χ4v) is 2.77. The average Bonchev–Trinajstić information content (AvgIpc) is 2.71. The summed E-state index contributed by atoms with van der Waals surface area (Å²) < 4.78 is 5.13. The number of benzene rings is 1. The van der Waals surface area contributed by atoms with E-state index in [2.05, 4.69) is 16.6 Å². The predicted octanol–water partition coefficient (Wildman–Crippen LogP) is 2.50. The molecule has 0 aliphatic rings. The van der Waals surface area contributed by atoms with Crippen LogP contribution in [-0.2, 0) is 14.3 Å². The lowest BCUT2D eigenvalue weighted by Crippen LogP contribution is -2.48. The lowest BCUT2D eigenvalue weighted by Gasteiger charge is -2.30. The second kappa shape index (κ2) is 12.2. The van der Waals surface area contributed by atoms with Crippen LogP contribution in [0.2, 0.25) is 0 Å². The first-order valence-electron chi connectivity index (χ1n) is 10.1. The van der Waals surface area contributed by atoms with Crippen LogP contribution in [0.15, 0.2) is 24.3 Å². The van der Waals surface area contributed by atoms with Gasteiger partial charge in [-0.1, -0.05) is 37.5 Å². The first kappa shape index (κ1) is 25.5. The summed E-state index contributed by atoms with van der Waals surface area (Å²) in [4.78, 5) is 39.0. The molecule has 1 unspecified atom stereocenters. The monoisotopic (exact) mass is 426 g/mol. The average molecular weight is 427 g/mol. The highest BCUT2D eigenvalue weighted by Gasteiger charge is 2.33. The van der Waals surface area contributed by atoms with E-state index in [0.29, 0.717) is 17.7 Å². The molecule has 0 heterocycles. The topological polar surface area (TPSA) is 112 Å². The molecule has 1 atom stereocenters. The van der Waals surface area contributed by atoms with E-state index in [9.17, 15) is 19.6 Å². The molecule has 0 spiro atoms. The highest BCUT2D eigenvalue weighted by atomic mass is 16.6. The minimum absolute atomic E-state index is 0.362. The second-order valence-corrected chi connectivity index (χ2v) is 7.81. The molecule has 0 radical (unpaired) electrons. The van der Waals surface area contributed by atoms with Crippen LogP contribution in [0, 0.1) is 23.7 Å². The molecule has 3 amide bonds. The van der Waals surface area contributed by atoms with Crippen molar-refractivity contribution in [3.63, 3.8) is 0 Å². The number of hydrogen-bond donors (Lipinski definition) is 2. The number of nitrogens with one attached hydrogen (secondary N) is 2. The van der Waals surface area contributed by atoms with Gasteiger partial charge in [0.05, 0.1) is 6.07 Å². The van der Waals surface area contributed by atoms with Gasteiger partial charge in [0, 0.05) is 12.1 Å². The van der Waals surface area contributed by atoms with E-state index in [-0.39, 0.29) is 6.54 Å². The van der Waals surface area contributed by atoms with Crippen molar-refractivity contribution in [3.8, 4) is 18.4 Å². The second-order valence-electron chi connectivity index (χ2n) is 7.81. The van der Waals surface area contributed by atoms with Crippen LogP contribution in [0.1, 0.15) is 57.7 Å². The van der Waals surface area contributed by atoms with E-state index in [0.717, 1.165) is 17.7 Å². The largest absolute Gasteiger partial charge is 0.444 e. The molecule has 1 aromatic carbocycles. The Morgan fingerprint density at radius 1 is 1.23 bits per heavy atom. The van der Waals surface area contributed by atoms with Crippen LogP contribution in [0.4, 0.5) is 4.79 Å². The third-order valence-electron chi connectivity index (χ3n) is 4.14. The Labute approximate surface area is 183 Å².